The van der Waals surface area contributed by atoms with Crippen LogP contribution in [0.25, 0.3) is 0 Å². The number of hydrogen-bond acceptors (Lipinski definition) is 0. The van der Waals surface area contributed by atoms with E-state index in [4.69, 9.17) is 0 Å². The summed E-state index contributed by atoms with van der Waals surface area (Å²) < 4.78 is 0. The summed E-state index contributed by atoms with van der Waals surface area (Å²) in [7, 11) is 2.50. The summed E-state index contributed by atoms with van der Waals surface area (Å²) in [6.45, 7) is 9.50. The van der Waals surface area contributed by atoms with Gasteiger partial charge in [-0.15, -0.1) is 0 Å². The first-order valence-corrected chi connectivity index (χ1v) is 6.32. The summed E-state index contributed by atoms with van der Waals surface area (Å²) in [5, 5.41) is 0.507. The van der Waals surface area contributed by atoms with E-state index in [1.54, 1.807) is 0 Å². The molecule has 0 aliphatic heterocycles. The van der Waals surface area contributed by atoms with Gasteiger partial charge in [0.25, 0.3) is 0 Å². The molecule has 1 aliphatic rings. The molecule has 0 atom stereocenters. The lowest BCUT2D eigenvalue weighted by Gasteiger charge is -2.46. The summed E-state index contributed by atoms with van der Waals surface area (Å²) >= 11 is 0. The van der Waals surface area contributed by atoms with Gasteiger partial charge in [-0.05, 0) is 5.41 Å². The molecule has 1 saturated carbocycles. The average molecular weight is 193 g/mol. The molecule has 14 heavy (non-hydrogen) atoms. The van der Waals surface area contributed by atoms with E-state index >= 15 is 0 Å². The van der Waals surface area contributed by atoms with Crippen LogP contribution in [-0.2, 0) is 0 Å². The Labute approximate surface area is 91.1 Å². The summed E-state index contributed by atoms with van der Waals surface area (Å²) in [5.74, 6) is 0. The minimum atomic E-state index is 0.444. The van der Waals surface area contributed by atoms with Crippen molar-refractivity contribution in [1.82, 2.24) is 0 Å². The van der Waals surface area contributed by atoms with Crippen LogP contribution in [0.2, 0.25) is 12.1 Å². The molecule has 1 aliphatic carbocycles. The predicted molar refractivity (Wildman–Crippen MR) is 66.1 cm³/mol. The summed E-state index contributed by atoms with van der Waals surface area (Å²) in [6, 6.07) is 0. The quantitative estimate of drug-likeness (QED) is 0.530. The molecule has 0 amide bonds. The topological polar surface area (TPSA) is 0 Å². The van der Waals surface area contributed by atoms with Gasteiger partial charge in [-0.3, -0.25) is 0 Å². The highest BCUT2D eigenvalue weighted by Crippen LogP contribution is 2.53. The second-order valence-electron chi connectivity index (χ2n) is 5.96. The first kappa shape index (κ1) is 12.1. The van der Waals surface area contributed by atoms with Crippen molar-refractivity contribution in [2.75, 3.05) is 0 Å². The maximum atomic E-state index is 2.50. The van der Waals surface area contributed by atoms with E-state index in [0.717, 1.165) is 0 Å². The van der Waals surface area contributed by atoms with Gasteiger partial charge in [0.15, 0.2) is 0 Å². The summed E-state index contributed by atoms with van der Waals surface area (Å²) in [5.41, 5.74) is 0.444. The van der Waals surface area contributed by atoms with Crippen LogP contribution in [0.5, 0.6) is 0 Å². The standard InChI is InChI=1S/C13H26B/c1-12(2,3)13(14-4)10-8-6-5-7-9-11-13/h5-11H2,1-4H3. The van der Waals surface area contributed by atoms with E-state index in [9.17, 15) is 0 Å². The number of hydrogen-bond donors (Lipinski definition) is 0. The van der Waals surface area contributed by atoms with Crippen molar-refractivity contribution >= 4 is 7.28 Å². The third kappa shape index (κ3) is 2.55. The zero-order valence-electron chi connectivity index (χ0n) is 10.5. The van der Waals surface area contributed by atoms with Crippen molar-refractivity contribution < 1.29 is 0 Å². The highest BCUT2D eigenvalue weighted by molar-refractivity contribution is 6.38. The molecule has 1 rings (SSSR count). The second kappa shape index (κ2) is 4.72. The minimum Gasteiger partial charge on any atom is -0.0914 e. The van der Waals surface area contributed by atoms with Crippen LogP contribution in [0.3, 0.4) is 0 Å². The van der Waals surface area contributed by atoms with Gasteiger partial charge < -0.3 is 0 Å². The van der Waals surface area contributed by atoms with E-state index in [1.165, 1.54) is 44.9 Å². The highest BCUT2D eigenvalue weighted by Gasteiger charge is 2.39. The molecule has 0 spiro atoms. The van der Waals surface area contributed by atoms with Crippen molar-refractivity contribution in [3.05, 3.63) is 0 Å². The lowest BCUT2D eigenvalue weighted by Crippen LogP contribution is -2.34. The molecular formula is C13H26B. The molecule has 0 aromatic rings. The van der Waals surface area contributed by atoms with Gasteiger partial charge in [0.2, 0.25) is 0 Å². The lowest BCUT2D eigenvalue weighted by atomic mass is 9.41. The molecule has 1 radical (unpaired) electrons. The minimum absolute atomic E-state index is 0.444. The third-order valence-corrected chi connectivity index (χ3v) is 4.29. The lowest BCUT2D eigenvalue weighted by molar-refractivity contribution is 0.210. The van der Waals surface area contributed by atoms with E-state index in [1.807, 2.05) is 0 Å². The van der Waals surface area contributed by atoms with Gasteiger partial charge in [0, 0.05) is 0 Å². The summed E-state index contributed by atoms with van der Waals surface area (Å²) in [6.07, 6.45) is 10.0. The van der Waals surface area contributed by atoms with E-state index in [0.29, 0.717) is 10.7 Å². The Bertz CT molecular complexity index is 159. The zero-order valence-corrected chi connectivity index (χ0v) is 10.5. The van der Waals surface area contributed by atoms with E-state index in [2.05, 4.69) is 34.9 Å². The van der Waals surface area contributed by atoms with Crippen LogP contribution < -0.4 is 0 Å². The fourth-order valence-electron chi connectivity index (χ4n) is 3.01. The molecule has 0 N–H and O–H groups in total. The number of rotatable bonds is 1. The van der Waals surface area contributed by atoms with Crippen LogP contribution in [0.4, 0.5) is 0 Å². The maximum Gasteiger partial charge on any atom is 0.115 e. The molecule has 81 valence electrons. The fourth-order valence-corrected chi connectivity index (χ4v) is 3.01. The first-order chi connectivity index (χ1) is 6.52. The van der Waals surface area contributed by atoms with E-state index < -0.39 is 0 Å². The van der Waals surface area contributed by atoms with Gasteiger partial charge >= 0.3 is 0 Å². The molecule has 1 fully saturated rings. The first-order valence-electron chi connectivity index (χ1n) is 6.32. The molecule has 0 bridgehead atoms. The highest BCUT2D eigenvalue weighted by atomic mass is 14.4. The maximum absolute atomic E-state index is 2.50. The van der Waals surface area contributed by atoms with Gasteiger partial charge in [0.1, 0.15) is 7.28 Å². The predicted octanol–water partition coefficient (Wildman–Crippen LogP) is 4.69. The van der Waals surface area contributed by atoms with Gasteiger partial charge in [-0.2, -0.15) is 0 Å². The third-order valence-electron chi connectivity index (χ3n) is 4.29. The monoisotopic (exact) mass is 193 g/mol. The SMILES string of the molecule is C[B]C1(C(C)(C)C)CCCCCCC1. The largest absolute Gasteiger partial charge is 0.115 e. The van der Waals surface area contributed by atoms with Crippen molar-refractivity contribution in [3.8, 4) is 0 Å². The van der Waals surface area contributed by atoms with Crippen LogP contribution in [-0.4, -0.2) is 7.28 Å². The fraction of sp³-hybridized carbons (Fsp3) is 1.00. The molecule has 0 aromatic heterocycles. The zero-order chi connectivity index (χ0) is 10.7. The van der Waals surface area contributed by atoms with Crippen LogP contribution in [0.1, 0.15) is 65.7 Å². The molecule has 0 saturated heterocycles. The normalized spacial score (nSPS) is 23.7. The Kier molecular flexibility index (Phi) is 4.09. The Morgan fingerprint density at radius 2 is 1.29 bits per heavy atom. The molecular weight excluding hydrogens is 167 g/mol. The molecule has 1 heteroatoms. The van der Waals surface area contributed by atoms with Crippen molar-refractivity contribution in [1.29, 1.82) is 0 Å². The average Bonchev–Trinajstić information content (AvgIpc) is 2.02. The molecule has 0 heterocycles. The molecule has 0 nitrogen and oxygen atoms in total. The van der Waals surface area contributed by atoms with Gasteiger partial charge in [0.05, 0.1) is 0 Å². The summed E-state index contributed by atoms with van der Waals surface area (Å²) in [4.78, 5) is 0. The van der Waals surface area contributed by atoms with Crippen LogP contribution in [0, 0.1) is 5.41 Å². The Morgan fingerprint density at radius 1 is 0.857 bits per heavy atom. The molecule has 0 unspecified atom stereocenters. The Balaban J connectivity index is 2.73. The molecule has 0 aromatic carbocycles. The van der Waals surface area contributed by atoms with Gasteiger partial charge in [-0.25, -0.2) is 0 Å². The van der Waals surface area contributed by atoms with Crippen LogP contribution in [0.15, 0.2) is 0 Å². The van der Waals surface area contributed by atoms with Gasteiger partial charge in [-0.1, -0.05) is 77.9 Å². The second-order valence-corrected chi connectivity index (χ2v) is 5.96. The smallest absolute Gasteiger partial charge is 0.0914 e. The van der Waals surface area contributed by atoms with Crippen molar-refractivity contribution in [2.45, 2.75) is 77.9 Å². The van der Waals surface area contributed by atoms with Crippen molar-refractivity contribution in [3.63, 3.8) is 0 Å². The Morgan fingerprint density at radius 3 is 1.64 bits per heavy atom. The van der Waals surface area contributed by atoms with E-state index in [-0.39, 0.29) is 0 Å². The Hall–Kier alpha value is 0.0649. The van der Waals surface area contributed by atoms with Crippen molar-refractivity contribution in [2.24, 2.45) is 5.41 Å². The van der Waals surface area contributed by atoms with Crippen LogP contribution >= 0.6 is 0 Å².